The smallest absolute Gasteiger partial charge is 0.273 e. The molecule has 0 spiro atoms. The predicted molar refractivity (Wildman–Crippen MR) is 106 cm³/mol. The zero-order valence-corrected chi connectivity index (χ0v) is 16.5. The number of fused-ring (bicyclic) bond motifs is 1. The highest BCUT2D eigenvalue weighted by Crippen LogP contribution is 2.39. The Kier molecular flexibility index (Phi) is 5.12. The molecule has 1 aromatic carbocycles. The molecule has 4 rings (SSSR count). The highest BCUT2D eigenvalue weighted by molar-refractivity contribution is 7.17. The number of amides is 1. The number of thiophene rings is 1. The molecule has 1 amide bonds. The Morgan fingerprint density at radius 3 is 2.69 bits per heavy atom. The zero-order valence-electron chi connectivity index (χ0n) is 14.9. The summed E-state index contributed by atoms with van der Waals surface area (Å²) in [4.78, 5) is 29.9. The van der Waals surface area contributed by atoms with Crippen LogP contribution < -0.4 is 11.0 Å². The topological polar surface area (TPSA) is 64.0 Å². The quantitative estimate of drug-likeness (QED) is 0.618. The van der Waals surface area contributed by atoms with Crippen LogP contribution in [0, 0.1) is 5.92 Å². The standard InChI is InChI=1S/C19H15ClF3N3O2S/c20-14-6-5-11(7-13(14)19(21,22)23)12-8-29-17-15(12)18(28)26(9-24-17)25-16(27)10-3-1-2-4-10/h5-10H,1-4H2,(H,25,27). The molecule has 152 valence electrons. The van der Waals surface area contributed by atoms with E-state index in [-0.39, 0.29) is 22.8 Å². The number of hydrogen-bond donors (Lipinski definition) is 1. The van der Waals surface area contributed by atoms with Crippen LogP contribution in [0.5, 0.6) is 0 Å². The number of carbonyl (C=O) groups is 1. The van der Waals surface area contributed by atoms with Crippen LogP contribution in [0.2, 0.25) is 5.02 Å². The van der Waals surface area contributed by atoms with Crippen LogP contribution in [0.25, 0.3) is 21.3 Å². The molecular weight excluding hydrogens is 427 g/mol. The minimum atomic E-state index is -4.62. The first-order valence-electron chi connectivity index (χ1n) is 8.92. The normalized spacial score (nSPS) is 15.2. The Balaban J connectivity index is 1.77. The molecule has 0 aliphatic heterocycles. The number of benzene rings is 1. The van der Waals surface area contributed by atoms with E-state index in [0.29, 0.717) is 10.4 Å². The maximum atomic E-state index is 13.2. The van der Waals surface area contributed by atoms with Gasteiger partial charge in [-0.05, 0) is 30.5 Å². The fourth-order valence-electron chi connectivity index (χ4n) is 3.53. The molecule has 0 unspecified atom stereocenters. The summed E-state index contributed by atoms with van der Waals surface area (Å²) in [6.45, 7) is 0. The molecule has 5 nitrogen and oxygen atoms in total. The number of halogens is 4. The first-order chi connectivity index (χ1) is 13.8. The van der Waals surface area contributed by atoms with Gasteiger partial charge in [-0.25, -0.2) is 9.66 Å². The third-order valence-electron chi connectivity index (χ3n) is 5.03. The van der Waals surface area contributed by atoms with Crippen LogP contribution in [0.4, 0.5) is 13.2 Å². The summed E-state index contributed by atoms with van der Waals surface area (Å²) in [5.74, 6) is -0.404. The molecule has 2 heterocycles. The number of aromatic nitrogens is 2. The highest BCUT2D eigenvalue weighted by Gasteiger charge is 2.33. The molecule has 1 aliphatic rings. The first kappa shape index (κ1) is 19.9. The van der Waals surface area contributed by atoms with Crippen molar-refractivity contribution in [3.8, 4) is 11.1 Å². The molecule has 0 bridgehead atoms. The fourth-order valence-corrected chi connectivity index (χ4v) is 4.66. The van der Waals surface area contributed by atoms with Gasteiger partial charge in [0.05, 0.1) is 16.0 Å². The highest BCUT2D eigenvalue weighted by atomic mass is 35.5. The summed E-state index contributed by atoms with van der Waals surface area (Å²) in [6, 6.07) is 3.49. The maximum absolute atomic E-state index is 13.2. The van der Waals surface area contributed by atoms with Crippen LogP contribution in [0.3, 0.4) is 0 Å². The molecule has 1 saturated carbocycles. The number of nitrogens with one attached hydrogen (secondary N) is 1. The van der Waals surface area contributed by atoms with Crippen molar-refractivity contribution in [3.63, 3.8) is 0 Å². The van der Waals surface area contributed by atoms with Crippen molar-refractivity contribution < 1.29 is 18.0 Å². The summed E-state index contributed by atoms with van der Waals surface area (Å²) in [6.07, 6.45) is 0.0808. The Labute approximate surface area is 172 Å². The van der Waals surface area contributed by atoms with E-state index in [2.05, 4.69) is 10.4 Å². The fraction of sp³-hybridized carbons (Fsp3) is 0.316. The lowest BCUT2D eigenvalue weighted by molar-refractivity contribution is -0.137. The number of hydrogen-bond acceptors (Lipinski definition) is 4. The summed E-state index contributed by atoms with van der Waals surface area (Å²) >= 11 is 6.84. The van der Waals surface area contributed by atoms with E-state index in [4.69, 9.17) is 11.6 Å². The van der Waals surface area contributed by atoms with E-state index in [0.717, 1.165) is 53.8 Å². The van der Waals surface area contributed by atoms with Crippen LogP contribution in [0.15, 0.2) is 34.7 Å². The summed E-state index contributed by atoms with van der Waals surface area (Å²) in [7, 11) is 0. The van der Waals surface area contributed by atoms with Crippen molar-refractivity contribution in [3.05, 3.63) is 50.8 Å². The second-order valence-corrected chi connectivity index (χ2v) is 8.16. The van der Waals surface area contributed by atoms with Crippen molar-refractivity contribution in [2.75, 3.05) is 5.43 Å². The third-order valence-corrected chi connectivity index (χ3v) is 6.25. The average Bonchev–Trinajstić information content (AvgIpc) is 3.33. The minimum Gasteiger partial charge on any atom is -0.273 e. The molecule has 0 radical (unpaired) electrons. The summed E-state index contributed by atoms with van der Waals surface area (Å²) < 4.78 is 40.6. The Bertz CT molecular complexity index is 1150. The van der Waals surface area contributed by atoms with Crippen LogP contribution in [-0.4, -0.2) is 15.6 Å². The van der Waals surface area contributed by atoms with Gasteiger partial charge in [0.2, 0.25) is 5.91 Å². The SMILES string of the molecule is O=C(Nn1cnc2scc(-c3ccc(Cl)c(C(F)(F)F)c3)c2c1=O)C1CCCC1. The lowest BCUT2D eigenvalue weighted by Gasteiger charge is -2.12. The van der Waals surface area contributed by atoms with Gasteiger partial charge in [0.15, 0.2) is 0 Å². The van der Waals surface area contributed by atoms with Gasteiger partial charge in [-0.3, -0.25) is 15.0 Å². The van der Waals surface area contributed by atoms with Gasteiger partial charge in [-0.2, -0.15) is 13.2 Å². The van der Waals surface area contributed by atoms with Gasteiger partial charge in [0, 0.05) is 16.9 Å². The van der Waals surface area contributed by atoms with Crippen LogP contribution >= 0.6 is 22.9 Å². The van der Waals surface area contributed by atoms with Crippen molar-refractivity contribution in [2.24, 2.45) is 5.92 Å². The predicted octanol–water partition coefficient (Wildman–Crippen LogP) is 5.06. The van der Waals surface area contributed by atoms with Gasteiger partial charge in [0.25, 0.3) is 5.56 Å². The molecule has 3 aromatic rings. The Morgan fingerprint density at radius 1 is 1.28 bits per heavy atom. The molecule has 1 fully saturated rings. The summed E-state index contributed by atoms with van der Waals surface area (Å²) in [5.41, 5.74) is 1.56. The van der Waals surface area contributed by atoms with Gasteiger partial charge < -0.3 is 0 Å². The molecular formula is C19H15ClF3N3O2S. The largest absolute Gasteiger partial charge is 0.417 e. The van der Waals surface area contributed by atoms with Crippen molar-refractivity contribution in [1.82, 2.24) is 9.66 Å². The van der Waals surface area contributed by atoms with Crippen molar-refractivity contribution in [1.29, 1.82) is 0 Å². The van der Waals surface area contributed by atoms with Gasteiger partial charge in [0.1, 0.15) is 11.2 Å². The third kappa shape index (κ3) is 3.76. The van der Waals surface area contributed by atoms with Gasteiger partial charge >= 0.3 is 6.18 Å². The molecule has 0 atom stereocenters. The minimum absolute atomic E-state index is 0.148. The van der Waals surface area contributed by atoms with Crippen molar-refractivity contribution >= 4 is 39.1 Å². The molecule has 10 heteroatoms. The van der Waals surface area contributed by atoms with E-state index in [9.17, 15) is 22.8 Å². The van der Waals surface area contributed by atoms with Crippen LogP contribution in [-0.2, 0) is 11.0 Å². The second kappa shape index (κ2) is 7.46. The number of alkyl halides is 3. The van der Waals surface area contributed by atoms with Crippen LogP contribution in [0.1, 0.15) is 31.2 Å². The number of carbonyl (C=O) groups excluding carboxylic acids is 1. The Morgan fingerprint density at radius 2 is 2.00 bits per heavy atom. The monoisotopic (exact) mass is 441 g/mol. The molecule has 29 heavy (non-hydrogen) atoms. The molecule has 2 aromatic heterocycles. The number of nitrogens with zero attached hydrogens (tertiary/aromatic N) is 2. The first-order valence-corrected chi connectivity index (χ1v) is 10.2. The van der Waals surface area contributed by atoms with E-state index >= 15 is 0 Å². The maximum Gasteiger partial charge on any atom is 0.417 e. The summed E-state index contributed by atoms with van der Waals surface area (Å²) in [5, 5.41) is 1.31. The lowest BCUT2D eigenvalue weighted by atomic mass is 10.0. The lowest BCUT2D eigenvalue weighted by Crippen LogP contribution is -2.35. The second-order valence-electron chi connectivity index (χ2n) is 6.90. The molecule has 0 saturated heterocycles. The van der Waals surface area contributed by atoms with E-state index in [1.807, 2.05) is 0 Å². The van der Waals surface area contributed by atoms with Crippen molar-refractivity contribution in [2.45, 2.75) is 31.9 Å². The Hall–Kier alpha value is -2.39. The van der Waals surface area contributed by atoms with E-state index in [1.54, 1.807) is 5.38 Å². The zero-order chi connectivity index (χ0) is 20.8. The van der Waals surface area contributed by atoms with Gasteiger partial charge in [-0.15, -0.1) is 11.3 Å². The molecule has 1 N–H and O–H groups in total. The van der Waals surface area contributed by atoms with E-state index < -0.39 is 22.3 Å². The average molecular weight is 442 g/mol. The molecule has 1 aliphatic carbocycles. The van der Waals surface area contributed by atoms with E-state index in [1.165, 1.54) is 12.4 Å². The number of rotatable bonds is 3. The van der Waals surface area contributed by atoms with Gasteiger partial charge in [-0.1, -0.05) is 30.5 Å².